The molecule has 1 aliphatic heterocycles. The van der Waals surface area contributed by atoms with Crippen molar-refractivity contribution in [1.29, 1.82) is 0 Å². The first-order chi connectivity index (χ1) is 15.8. The van der Waals surface area contributed by atoms with Gasteiger partial charge in [-0.3, -0.25) is 9.59 Å². The Morgan fingerprint density at radius 3 is 2.70 bits per heavy atom. The number of para-hydroxylation sites is 1. The van der Waals surface area contributed by atoms with E-state index in [-0.39, 0.29) is 35.1 Å². The number of fused-ring (bicyclic) bond motifs is 1. The number of rotatable bonds is 5. The van der Waals surface area contributed by atoms with Crippen molar-refractivity contribution in [2.45, 2.75) is 65.8 Å². The van der Waals surface area contributed by atoms with Gasteiger partial charge in [-0.1, -0.05) is 38.5 Å². The van der Waals surface area contributed by atoms with E-state index in [1.54, 1.807) is 0 Å². The number of nitrogens with zero attached hydrogens (tertiary/aromatic N) is 2. The zero-order valence-electron chi connectivity index (χ0n) is 20.5. The number of carbonyl (C=O) groups is 2. The van der Waals surface area contributed by atoms with Crippen LogP contribution in [0.15, 0.2) is 30.3 Å². The van der Waals surface area contributed by atoms with Gasteiger partial charge in [0.1, 0.15) is 5.82 Å². The fourth-order valence-corrected chi connectivity index (χ4v) is 5.68. The summed E-state index contributed by atoms with van der Waals surface area (Å²) in [4.78, 5) is 32.8. The van der Waals surface area contributed by atoms with Gasteiger partial charge >= 0.3 is 0 Å². The topological polar surface area (TPSA) is 74.3 Å². The van der Waals surface area contributed by atoms with Crippen molar-refractivity contribution in [2.24, 2.45) is 17.3 Å². The summed E-state index contributed by atoms with van der Waals surface area (Å²) < 4.78 is 0. The largest absolute Gasteiger partial charge is 0.356 e. The molecule has 178 valence electrons. The molecule has 2 amide bonds. The Morgan fingerprint density at radius 1 is 1.12 bits per heavy atom. The lowest BCUT2D eigenvalue weighted by molar-refractivity contribution is -0.132. The van der Waals surface area contributed by atoms with E-state index in [1.807, 2.05) is 6.92 Å². The fourth-order valence-electron chi connectivity index (χ4n) is 5.68. The zero-order valence-corrected chi connectivity index (χ0v) is 20.5. The number of aromatic nitrogens is 1. The van der Waals surface area contributed by atoms with Gasteiger partial charge in [0.25, 0.3) is 0 Å². The van der Waals surface area contributed by atoms with Crippen molar-refractivity contribution < 1.29 is 9.59 Å². The molecule has 6 nitrogen and oxygen atoms in total. The highest BCUT2D eigenvalue weighted by atomic mass is 16.2. The molecule has 2 N–H and O–H groups in total. The zero-order chi connectivity index (χ0) is 23.6. The van der Waals surface area contributed by atoms with Crippen molar-refractivity contribution >= 4 is 28.5 Å². The number of carbonyl (C=O) groups excluding carboxylic acids is 2. The standard InChI is InChI=1S/C27H38N4O2/c1-5-28-25(32)20-10-7-11-21(16-20)29-26(33)22-14-15-31(17-27(22,3)4)23-13-12-19-9-6-8-18(2)24(19)30-23/h6,8-9,12-13,20-22H,5,7,10-11,14-17H2,1-4H3,(H,28,32)(H,29,33). The Kier molecular flexibility index (Phi) is 6.91. The molecule has 2 fully saturated rings. The second-order valence-electron chi connectivity index (χ2n) is 10.5. The summed E-state index contributed by atoms with van der Waals surface area (Å²) in [5.74, 6) is 1.23. The summed E-state index contributed by atoms with van der Waals surface area (Å²) >= 11 is 0. The maximum atomic E-state index is 13.3. The Morgan fingerprint density at radius 2 is 1.94 bits per heavy atom. The molecule has 1 saturated carbocycles. The minimum absolute atomic E-state index is 0.0151. The summed E-state index contributed by atoms with van der Waals surface area (Å²) in [5, 5.41) is 7.40. The monoisotopic (exact) mass is 450 g/mol. The third-order valence-corrected chi connectivity index (χ3v) is 7.52. The lowest BCUT2D eigenvalue weighted by Gasteiger charge is -2.44. The first-order valence-corrected chi connectivity index (χ1v) is 12.5. The number of pyridine rings is 1. The third-order valence-electron chi connectivity index (χ3n) is 7.52. The number of nitrogens with one attached hydrogen (secondary N) is 2. The SMILES string of the molecule is CCNC(=O)C1CCCC(NC(=O)C2CCN(c3ccc4cccc(C)c4n3)CC2(C)C)C1. The molecule has 3 atom stereocenters. The van der Waals surface area contributed by atoms with Gasteiger partial charge in [0, 0.05) is 42.9 Å². The lowest BCUT2D eigenvalue weighted by Crippen LogP contribution is -2.53. The van der Waals surface area contributed by atoms with E-state index in [0.29, 0.717) is 6.54 Å². The molecule has 1 saturated heterocycles. The van der Waals surface area contributed by atoms with Gasteiger partial charge in [0.2, 0.25) is 11.8 Å². The molecule has 2 aromatic rings. The van der Waals surface area contributed by atoms with Gasteiger partial charge in [-0.25, -0.2) is 4.98 Å². The van der Waals surface area contributed by atoms with E-state index in [4.69, 9.17) is 4.98 Å². The molecule has 0 bridgehead atoms. The van der Waals surface area contributed by atoms with Crippen LogP contribution in [0.1, 0.15) is 58.4 Å². The van der Waals surface area contributed by atoms with Crippen LogP contribution in [0.2, 0.25) is 0 Å². The molecule has 6 heteroatoms. The highest BCUT2D eigenvalue weighted by molar-refractivity contribution is 5.84. The van der Waals surface area contributed by atoms with Crippen LogP contribution in [-0.2, 0) is 9.59 Å². The van der Waals surface area contributed by atoms with Gasteiger partial charge in [-0.15, -0.1) is 0 Å². The Labute approximate surface area is 197 Å². The molecule has 1 aromatic heterocycles. The molecule has 3 unspecified atom stereocenters. The Bertz CT molecular complexity index is 1020. The average molecular weight is 451 g/mol. The second kappa shape index (κ2) is 9.70. The molecular formula is C27H38N4O2. The maximum absolute atomic E-state index is 13.3. The normalized spacial score (nSPS) is 25.0. The molecule has 1 aliphatic carbocycles. The van der Waals surface area contributed by atoms with Gasteiger partial charge in [-0.05, 0) is 62.6 Å². The van der Waals surface area contributed by atoms with Crippen LogP contribution in [0.4, 0.5) is 5.82 Å². The van der Waals surface area contributed by atoms with E-state index < -0.39 is 0 Å². The number of aryl methyl sites for hydroxylation is 1. The Balaban J connectivity index is 1.40. The van der Waals surface area contributed by atoms with E-state index >= 15 is 0 Å². The molecule has 0 spiro atoms. The van der Waals surface area contributed by atoms with Crippen LogP contribution in [0, 0.1) is 24.2 Å². The molecular weight excluding hydrogens is 412 g/mol. The number of anilines is 1. The molecule has 0 radical (unpaired) electrons. The van der Waals surface area contributed by atoms with Crippen LogP contribution in [0.3, 0.4) is 0 Å². The summed E-state index contributed by atoms with van der Waals surface area (Å²) in [6.45, 7) is 10.7. The van der Waals surface area contributed by atoms with Crippen LogP contribution in [-0.4, -0.2) is 42.5 Å². The predicted molar refractivity (Wildman–Crippen MR) is 133 cm³/mol. The number of hydrogen-bond donors (Lipinski definition) is 2. The third kappa shape index (κ3) is 5.15. The summed E-state index contributed by atoms with van der Waals surface area (Å²) in [5.41, 5.74) is 2.06. The van der Waals surface area contributed by atoms with Crippen molar-refractivity contribution in [2.75, 3.05) is 24.5 Å². The molecule has 2 aliphatic rings. The number of benzene rings is 1. The number of piperidine rings is 1. The van der Waals surface area contributed by atoms with Crippen LogP contribution in [0.5, 0.6) is 0 Å². The summed E-state index contributed by atoms with van der Waals surface area (Å²) in [7, 11) is 0. The van der Waals surface area contributed by atoms with Crippen LogP contribution >= 0.6 is 0 Å². The molecule has 33 heavy (non-hydrogen) atoms. The highest BCUT2D eigenvalue weighted by Crippen LogP contribution is 2.37. The second-order valence-corrected chi connectivity index (χ2v) is 10.5. The van der Waals surface area contributed by atoms with Gasteiger partial charge in [0.15, 0.2) is 0 Å². The quantitative estimate of drug-likeness (QED) is 0.716. The van der Waals surface area contributed by atoms with Crippen molar-refractivity contribution in [3.05, 3.63) is 35.9 Å². The van der Waals surface area contributed by atoms with Crippen LogP contribution in [0.25, 0.3) is 10.9 Å². The number of amides is 2. The smallest absolute Gasteiger partial charge is 0.224 e. The molecule has 4 rings (SSSR count). The van der Waals surface area contributed by atoms with Gasteiger partial charge < -0.3 is 15.5 Å². The molecule has 1 aromatic carbocycles. The first kappa shape index (κ1) is 23.5. The van der Waals surface area contributed by atoms with E-state index in [1.165, 1.54) is 5.56 Å². The minimum atomic E-state index is -0.168. The fraction of sp³-hybridized carbons (Fsp3) is 0.593. The highest BCUT2D eigenvalue weighted by Gasteiger charge is 2.41. The first-order valence-electron chi connectivity index (χ1n) is 12.5. The summed E-state index contributed by atoms with van der Waals surface area (Å²) in [6, 6.07) is 10.6. The van der Waals surface area contributed by atoms with Gasteiger partial charge in [0.05, 0.1) is 5.52 Å². The summed E-state index contributed by atoms with van der Waals surface area (Å²) in [6.07, 6.45) is 4.42. The lowest BCUT2D eigenvalue weighted by atomic mass is 9.73. The van der Waals surface area contributed by atoms with Crippen molar-refractivity contribution in [3.8, 4) is 0 Å². The van der Waals surface area contributed by atoms with Crippen molar-refractivity contribution in [3.63, 3.8) is 0 Å². The van der Waals surface area contributed by atoms with Gasteiger partial charge in [-0.2, -0.15) is 0 Å². The number of hydrogen-bond acceptors (Lipinski definition) is 4. The molecule has 2 heterocycles. The van der Waals surface area contributed by atoms with E-state index in [0.717, 1.165) is 61.9 Å². The predicted octanol–water partition coefficient (Wildman–Crippen LogP) is 4.21. The maximum Gasteiger partial charge on any atom is 0.224 e. The van der Waals surface area contributed by atoms with Crippen molar-refractivity contribution in [1.82, 2.24) is 15.6 Å². The van der Waals surface area contributed by atoms with E-state index in [2.05, 4.69) is 66.6 Å². The Hall–Kier alpha value is -2.63. The van der Waals surface area contributed by atoms with Crippen LogP contribution < -0.4 is 15.5 Å². The van der Waals surface area contributed by atoms with E-state index in [9.17, 15) is 9.59 Å². The minimum Gasteiger partial charge on any atom is -0.356 e. The average Bonchev–Trinajstić information content (AvgIpc) is 2.78.